The standard InChI is InChI=1S/C25H31N7/c1-25(2,3)18-14-16-21(17-15-18)31-32-24-29-22(26-19-10-6-4-7-11-19)28-23(30-24)27-20-12-8-5-9-13-20/h4-13,18H,14-17H2,1-3H3,(H3,26,27,28,29,30,32). The van der Waals surface area contributed by atoms with Crippen LogP contribution in [0.3, 0.4) is 0 Å². The van der Waals surface area contributed by atoms with Crippen molar-refractivity contribution in [2.45, 2.75) is 46.5 Å². The highest BCUT2D eigenvalue weighted by molar-refractivity contribution is 5.85. The third-order valence-corrected chi connectivity index (χ3v) is 5.80. The van der Waals surface area contributed by atoms with E-state index in [0.717, 1.165) is 30.1 Å². The van der Waals surface area contributed by atoms with Gasteiger partial charge in [-0.15, -0.1) is 0 Å². The molecule has 1 aliphatic carbocycles. The molecule has 1 aromatic heterocycles. The van der Waals surface area contributed by atoms with Crippen LogP contribution in [-0.4, -0.2) is 20.7 Å². The Hall–Kier alpha value is -3.48. The van der Waals surface area contributed by atoms with Gasteiger partial charge in [-0.1, -0.05) is 57.2 Å². The van der Waals surface area contributed by atoms with E-state index >= 15 is 0 Å². The molecule has 0 radical (unpaired) electrons. The molecule has 1 heterocycles. The average Bonchev–Trinajstić information content (AvgIpc) is 2.79. The van der Waals surface area contributed by atoms with Crippen LogP contribution in [-0.2, 0) is 0 Å². The molecule has 166 valence electrons. The molecular weight excluding hydrogens is 398 g/mol. The van der Waals surface area contributed by atoms with E-state index in [0.29, 0.717) is 23.3 Å². The molecule has 1 saturated carbocycles. The van der Waals surface area contributed by atoms with E-state index in [1.807, 2.05) is 60.7 Å². The van der Waals surface area contributed by atoms with Gasteiger partial charge in [0.25, 0.3) is 0 Å². The van der Waals surface area contributed by atoms with Crippen LogP contribution in [0.5, 0.6) is 0 Å². The molecule has 0 unspecified atom stereocenters. The van der Waals surface area contributed by atoms with Crippen molar-refractivity contribution in [3.8, 4) is 0 Å². The van der Waals surface area contributed by atoms with Gasteiger partial charge in [0.2, 0.25) is 17.8 Å². The Bertz CT molecular complexity index is 973. The molecule has 0 atom stereocenters. The van der Waals surface area contributed by atoms with E-state index in [9.17, 15) is 0 Å². The first-order valence-electron chi connectivity index (χ1n) is 11.2. The van der Waals surface area contributed by atoms with Gasteiger partial charge in [-0.3, -0.25) is 0 Å². The molecule has 32 heavy (non-hydrogen) atoms. The summed E-state index contributed by atoms with van der Waals surface area (Å²) in [6.45, 7) is 6.97. The molecule has 0 saturated heterocycles. The van der Waals surface area contributed by atoms with Gasteiger partial charge in [-0.05, 0) is 61.3 Å². The molecule has 3 N–H and O–H groups in total. The van der Waals surface area contributed by atoms with Crippen molar-refractivity contribution in [3.63, 3.8) is 0 Å². The van der Waals surface area contributed by atoms with Crippen LogP contribution in [0.25, 0.3) is 0 Å². The van der Waals surface area contributed by atoms with Crippen LogP contribution in [0.2, 0.25) is 0 Å². The third kappa shape index (κ3) is 6.03. The zero-order valence-corrected chi connectivity index (χ0v) is 19.0. The lowest BCUT2D eigenvalue weighted by Gasteiger charge is -2.34. The van der Waals surface area contributed by atoms with E-state index in [2.05, 4.69) is 56.9 Å². The second-order valence-corrected chi connectivity index (χ2v) is 9.22. The minimum Gasteiger partial charge on any atom is -0.324 e. The van der Waals surface area contributed by atoms with Crippen LogP contribution < -0.4 is 16.1 Å². The molecule has 1 fully saturated rings. The van der Waals surface area contributed by atoms with Crippen molar-refractivity contribution < 1.29 is 0 Å². The second kappa shape index (κ2) is 9.77. The highest BCUT2D eigenvalue weighted by Gasteiger charge is 2.28. The number of rotatable bonds is 6. The molecular formula is C25H31N7. The van der Waals surface area contributed by atoms with Gasteiger partial charge in [0.1, 0.15) is 0 Å². The minimum absolute atomic E-state index is 0.350. The lowest BCUT2D eigenvalue weighted by molar-refractivity contribution is 0.208. The molecule has 7 heteroatoms. The summed E-state index contributed by atoms with van der Waals surface area (Å²) in [6.07, 6.45) is 4.35. The number of para-hydroxylation sites is 2. The molecule has 0 amide bonds. The first-order chi connectivity index (χ1) is 15.5. The lowest BCUT2D eigenvalue weighted by atomic mass is 9.72. The Balaban J connectivity index is 1.51. The maximum atomic E-state index is 4.62. The highest BCUT2D eigenvalue weighted by atomic mass is 15.4. The summed E-state index contributed by atoms with van der Waals surface area (Å²) in [4.78, 5) is 13.6. The number of nitrogens with one attached hydrogen (secondary N) is 3. The maximum Gasteiger partial charge on any atom is 0.250 e. The first-order valence-corrected chi connectivity index (χ1v) is 11.2. The van der Waals surface area contributed by atoms with Crippen molar-refractivity contribution in [1.82, 2.24) is 15.0 Å². The quantitative estimate of drug-likeness (QED) is 0.395. The SMILES string of the molecule is CC(C)(C)C1CCC(=NNc2nc(Nc3ccccc3)nc(Nc3ccccc3)n2)CC1. The van der Waals surface area contributed by atoms with E-state index in [4.69, 9.17) is 0 Å². The molecule has 2 aromatic carbocycles. The molecule has 0 bridgehead atoms. The van der Waals surface area contributed by atoms with Gasteiger partial charge < -0.3 is 10.6 Å². The van der Waals surface area contributed by atoms with Gasteiger partial charge >= 0.3 is 0 Å². The van der Waals surface area contributed by atoms with E-state index in [1.54, 1.807) is 0 Å². The Morgan fingerprint density at radius 1 is 0.719 bits per heavy atom. The third-order valence-electron chi connectivity index (χ3n) is 5.80. The Morgan fingerprint density at radius 2 is 1.19 bits per heavy atom. The number of hydrogen-bond donors (Lipinski definition) is 3. The molecule has 7 nitrogen and oxygen atoms in total. The number of hydrogen-bond acceptors (Lipinski definition) is 7. The van der Waals surface area contributed by atoms with Gasteiger partial charge in [-0.2, -0.15) is 20.1 Å². The first kappa shape index (κ1) is 21.7. The predicted molar refractivity (Wildman–Crippen MR) is 132 cm³/mol. The summed E-state index contributed by atoms with van der Waals surface area (Å²) >= 11 is 0. The summed E-state index contributed by atoms with van der Waals surface area (Å²) in [5.74, 6) is 2.04. The normalized spacial score (nSPS) is 16.3. The molecule has 1 aliphatic rings. The van der Waals surface area contributed by atoms with Gasteiger partial charge in [0, 0.05) is 17.1 Å². The van der Waals surface area contributed by atoms with Crippen LogP contribution in [0.1, 0.15) is 46.5 Å². The summed E-state index contributed by atoms with van der Waals surface area (Å²) in [7, 11) is 0. The van der Waals surface area contributed by atoms with Gasteiger partial charge in [0.15, 0.2) is 0 Å². The topological polar surface area (TPSA) is 87.1 Å². The van der Waals surface area contributed by atoms with Crippen molar-refractivity contribution in [2.75, 3.05) is 16.1 Å². The lowest BCUT2D eigenvalue weighted by Crippen LogP contribution is -2.26. The van der Waals surface area contributed by atoms with Crippen LogP contribution in [0, 0.1) is 11.3 Å². The maximum absolute atomic E-state index is 4.62. The van der Waals surface area contributed by atoms with Crippen molar-refractivity contribution in [1.29, 1.82) is 0 Å². The van der Waals surface area contributed by atoms with Crippen LogP contribution in [0.4, 0.5) is 29.2 Å². The summed E-state index contributed by atoms with van der Waals surface area (Å²) in [6, 6.07) is 19.7. The molecule has 4 rings (SSSR count). The van der Waals surface area contributed by atoms with E-state index in [-0.39, 0.29) is 0 Å². The summed E-state index contributed by atoms with van der Waals surface area (Å²) < 4.78 is 0. The number of hydrazone groups is 1. The molecule has 0 aliphatic heterocycles. The number of anilines is 5. The van der Waals surface area contributed by atoms with Crippen molar-refractivity contribution in [2.24, 2.45) is 16.4 Å². The average molecular weight is 430 g/mol. The monoisotopic (exact) mass is 429 g/mol. The smallest absolute Gasteiger partial charge is 0.250 e. The fraction of sp³-hybridized carbons (Fsp3) is 0.360. The van der Waals surface area contributed by atoms with Gasteiger partial charge in [-0.25, -0.2) is 5.43 Å². The number of benzene rings is 2. The Morgan fingerprint density at radius 3 is 1.66 bits per heavy atom. The zero-order valence-electron chi connectivity index (χ0n) is 19.0. The van der Waals surface area contributed by atoms with Crippen molar-refractivity contribution >= 4 is 34.9 Å². The van der Waals surface area contributed by atoms with Crippen molar-refractivity contribution in [3.05, 3.63) is 60.7 Å². The second-order valence-electron chi connectivity index (χ2n) is 9.22. The summed E-state index contributed by atoms with van der Waals surface area (Å²) in [5, 5.41) is 11.1. The summed E-state index contributed by atoms with van der Waals surface area (Å²) in [5.41, 5.74) is 6.39. The zero-order chi connectivity index (χ0) is 22.4. The van der Waals surface area contributed by atoms with Crippen LogP contribution in [0.15, 0.2) is 65.8 Å². The minimum atomic E-state index is 0.350. The Labute approximate surface area is 189 Å². The fourth-order valence-electron chi connectivity index (χ4n) is 3.90. The fourth-order valence-corrected chi connectivity index (χ4v) is 3.90. The van der Waals surface area contributed by atoms with E-state index < -0.39 is 0 Å². The van der Waals surface area contributed by atoms with Gasteiger partial charge in [0.05, 0.1) is 0 Å². The Kier molecular flexibility index (Phi) is 6.63. The number of aromatic nitrogens is 3. The molecule has 3 aromatic rings. The predicted octanol–water partition coefficient (Wildman–Crippen LogP) is 6.36. The molecule has 0 spiro atoms. The van der Waals surface area contributed by atoms with Crippen LogP contribution >= 0.6 is 0 Å². The largest absolute Gasteiger partial charge is 0.324 e. The highest BCUT2D eigenvalue weighted by Crippen LogP contribution is 2.36. The number of nitrogens with zero attached hydrogens (tertiary/aromatic N) is 4. The van der Waals surface area contributed by atoms with E-state index in [1.165, 1.54) is 18.6 Å².